The van der Waals surface area contributed by atoms with Gasteiger partial charge in [0.05, 0.1) is 13.0 Å². The van der Waals surface area contributed by atoms with Crippen molar-refractivity contribution in [3.8, 4) is 0 Å². The number of nitrogens with zero attached hydrogens (tertiary/aromatic N) is 1. The van der Waals surface area contributed by atoms with E-state index in [1.807, 2.05) is 13.8 Å². The van der Waals surface area contributed by atoms with E-state index in [-0.39, 0.29) is 36.6 Å². The Morgan fingerprint density at radius 2 is 2.00 bits per heavy atom. The summed E-state index contributed by atoms with van der Waals surface area (Å²) in [5.74, 6) is -0.355. The Bertz CT molecular complexity index is 732. The minimum Gasteiger partial charge on any atom is -0.465 e. The van der Waals surface area contributed by atoms with E-state index in [1.165, 1.54) is 0 Å². The number of amidine groups is 1. The third kappa shape index (κ3) is 5.97. The van der Waals surface area contributed by atoms with Crippen molar-refractivity contribution in [2.24, 2.45) is 11.7 Å². The van der Waals surface area contributed by atoms with Crippen LogP contribution in [0.4, 0.5) is 10.5 Å². The monoisotopic (exact) mass is 389 g/mol. The summed E-state index contributed by atoms with van der Waals surface area (Å²) in [5.41, 5.74) is 6.70. The van der Waals surface area contributed by atoms with E-state index in [0.29, 0.717) is 30.8 Å². The van der Waals surface area contributed by atoms with Gasteiger partial charge in [-0.1, -0.05) is 13.8 Å². The number of nitrogens with one attached hydrogen (secondary N) is 3. The van der Waals surface area contributed by atoms with Gasteiger partial charge in [0.15, 0.2) is 0 Å². The van der Waals surface area contributed by atoms with Crippen LogP contribution in [0.15, 0.2) is 24.3 Å². The number of nitrogen functional groups attached to an aromatic ring is 1. The fourth-order valence-electron chi connectivity index (χ4n) is 2.71. The second kappa shape index (κ2) is 9.72. The second-order valence-corrected chi connectivity index (χ2v) is 7.02. The molecule has 0 aromatic heterocycles. The largest absolute Gasteiger partial charge is 0.465 e. The average Bonchev–Trinajstić information content (AvgIpc) is 3.00. The fourth-order valence-corrected chi connectivity index (χ4v) is 2.71. The number of anilines is 1. The lowest BCUT2D eigenvalue weighted by Gasteiger charge is -2.18. The maximum atomic E-state index is 12.5. The van der Waals surface area contributed by atoms with Crippen molar-refractivity contribution < 1.29 is 19.1 Å². The van der Waals surface area contributed by atoms with Gasteiger partial charge >= 0.3 is 12.0 Å². The van der Waals surface area contributed by atoms with Gasteiger partial charge in [-0.15, -0.1) is 0 Å². The van der Waals surface area contributed by atoms with Gasteiger partial charge in [0, 0.05) is 24.3 Å². The number of ether oxygens (including phenoxy) is 1. The zero-order valence-corrected chi connectivity index (χ0v) is 16.2. The first-order valence-electron chi connectivity index (χ1n) is 9.23. The first kappa shape index (κ1) is 21.2. The van der Waals surface area contributed by atoms with Gasteiger partial charge in [-0.2, -0.15) is 0 Å². The lowest BCUT2D eigenvalue weighted by molar-refractivity contribution is -0.144. The van der Waals surface area contributed by atoms with E-state index < -0.39 is 12.1 Å². The van der Waals surface area contributed by atoms with E-state index in [2.05, 4.69) is 10.6 Å². The zero-order chi connectivity index (χ0) is 20.7. The lowest BCUT2D eigenvalue weighted by atomic mass is 10.2. The molecule has 1 saturated heterocycles. The van der Waals surface area contributed by atoms with Gasteiger partial charge in [0.1, 0.15) is 11.9 Å². The van der Waals surface area contributed by atoms with Gasteiger partial charge in [-0.25, -0.2) is 4.79 Å². The SMILES string of the molecule is CC(C)COC(=O)CCNC(=O)NC1CCN(c2ccc(C(=N)N)cc2)C1=O. The van der Waals surface area contributed by atoms with Gasteiger partial charge in [0.2, 0.25) is 5.91 Å². The Morgan fingerprint density at radius 1 is 1.32 bits per heavy atom. The summed E-state index contributed by atoms with van der Waals surface area (Å²) < 4.78 is 5.03. The van der Waals surface area contributed by atoms with Crippen molar-refractivity contribution in [1.82, 2.24) is 10.6 Å². The van der Waals surface area contributed by atoms with Crippen LogP contribution < -0.4 is 21.3 Å². The lowest BCUT2D eigenvalue weighted by Crippen LogP contribution is -2.46. The van der Waals surface area contributed by atoms with Gasteiger partial charge in [-0.05, 0) is 36.6 Å². The number of carbonyl (C=O) groups is 3. The van der Waals surface area contributed by atoms with Crippen molar-refractivity contribution in [2.45, 2.75) is 32.7 Å². The summed E-state index contributed by atoms with van der Waals surface area (Å²) >= 11 is 0. The summed E-state index contributed by atoms with van der Waals surface area (Å²) in [4.78, 5) is 37.6. The molecule has 152 valence electrons. The number of carbonyl (C=O) groups excluding carboxylic acids is 3. The molecular formula is C19H27N5O4. The van der Waals surface area contributed by atoms with E-state index in [9.17, 15) is 14.4 Å². The first-order valence-corrected chi connectivity index (χ1v) is 9.23. The van der Waals surface area contributed by atoms with Crippen LogP contribution in [-0.4, -0.2) is 49.5 Å². The third-order valence-electron chi connectivity index (χ3n) is 4.19. The molecule has 9 nitrogen and oxygen atoms in total. The molecule has 1 fully saturated rings. The van der Waals surface area contributed by atoms with E-state index in [1.54, 1.807) is 29.2 Å². The Labute approximate surface area is 164 Å². The number of esters is 1. The molecule has 0 saturated carbocycles. The molecule has 2 rings (SSSR count). The van der Waals surface area contributed by atoms with Crippen LogP contribution in [0.1, 0.15) is 32.3 Å². The molecule has 3 amide bonds. The minimum atomic E-state index is -0.625. The fraction of sp³-hybridized carbons (Fsp3) is 0.474. The quantitative estimate of drug-likeness (QED) is 0.298. The number of hydrogen-bond donors (Lipinski definition) is 4. The van der Waals surface area contributed by atoms with E-state index in [4.69, 9.17) is 15.9 Å². The van der Waals surface area contributed by atoms with Gasteiger partial charge in [0.25, 0.3) is 0 Å². The highest BCUT2D eigenvalue weighted by molar-refractivity contribution is 6.02. The van der Waals surface area contributed by atoms with Gasteiger partial charge in [-0.3, -0.25) is 15.0 Å². The Kier molecular flexibility index (Phi) is 7.36. The molecule has 0 aliphatic carbocycles. The Hall–Kier alpha value is -3.10. The summed E-state index contributed by atoms with van der Waals surface area (Å²) in [6.07, 6.45) is 0.560. The maximum Gasteiger partial charge on any atom is 0.315 e. The third-order valence-corrected chi connectivity index (χ3v) is 4.19. The number of rotatable bonds is 8. The molecule has 28 heavy (non-hydrogen) atoms. The minimum absolute atomic E-state index is 0.0383. The predicted octanol–water partition coefficient (Wildman–Crippen LogP) is 0.964. The Morgan fingerprint density at radius 3 is 2.61 bits per heavy atom. The number of amides is 3. The summed E-state index contributed by atoms with van der Waals surface area (Å²) in [6.45, 7) is 4.85. The zero-order valence-electron chi connectivity index (χ0n) is 16.2. The van der Waals surface area contributed by atoms with E-state index in [0.717, 1.165) is 0 Å². The number of urea groups is 1. The molecule has 0 bridgehead atoms. The summed E-state index contributed by atoms with van der Waals surface area (Å²) in [6, 6.07) is 5.68. The molecule has 9 heteroatoms. The predicted molar refractivity (Wildman–Crippen MR) is 105 cm³/mol. The number of nitrogens with two attached hydrogens (primary N) is 1. The standard InChI is InChI=1S/C19H27N5O4/c1-12(2)11-28-16(25)7-9-22-19(27)23-15-8-10-24(18(15)26)14-5-3-13(4-6-14)17(20)21/h3-6,12,15H,7-11H2,1-2H3,(H3,20,21)(H2,22,23,27). The van der Waals surface area contributed by atoms with Gasteiger partial charge < -0.3 is 26.0 Å². The summed E-state index contributed by atoms with van der Waals surface area (Å²) in [7, 11) is 0. The molecule has 1 aromatic rings. The van der Waals surface area contributed by atoms with Crippen LogP contribution in [0.5, 0.6) is 0 Å². The molecular weight excluding hydrogens is 362 g/mol. The van der Waals surface area contributed by atoms with Crippen LogP contribution in [0.3, 0.4) is 0 Å². The molecule has 1 unspecified atom stereocenters. The maximum absolute atomic E-state index is 12.5. The van der Waals surface area contributed by atoms with Crippen LogP contribution in [0.25, 0.3) is 0 Å². The molecule has 1 aromatic carbocycles. The molecule has 1 aliphatic rings. The first-order chi connectivity index (χ1) is 13.3. The topological polar surface area (TPSA) is 138 Å². The molecule has 1 aliphatic heterocycles. The van der Waals surface area contributed by atoms with Crippen molar-refractivity contribution in [3.63, 3.8) is 0 Å². The highest BCUT2D eigenvalue weighted by atomic mass is 16.5. The van der Waals surface area contributed by atoms with Crippen LogP contribution in [0.2, 0.25) is 0 Å². The van der Waals surface area contributed by atoms with Crippen LogP contribution in [0, 0.1) is 11.3 Å². The van der Waals surface area contributed by atoms with Crippen LogP contribution >= 0.6 is 0 Å². The highest BCUT2D eigenvalue weighted by Gasteiger charge is 2.33. The highest BCUT2D eigenvalue weighted by Crippen LogP contribution is 2.22. The number of hydrogen-bond acceptors (Lipinski definition) is 5. The van der Waals surface area contributed by atoms with Crippen LogP contribution in [-0.2, 0) is 14.3 Å². The average molecular weight is 389 g/mol. The second-order valence-electron chi connectivity index (χ2n) is 7.02. The molecule has 5 N–H and O–H groups in total. The Balaban J connectivity index is 1.77. The normalized spacial score (nSPS) is 16.2. The molecule has 0 spiro atoms. The molecule has 0 radical (unpaired) electrons. The van der Waals surface area contributed by atoms with E-state index >= 15 is 0 Å². The smallest absolute Gasteiger partial charge is 0.315 e. The molecule has 1 atom stereocenters. The van der Waals surface area contributed by atoms with Crippen molar-refractivity contribution in [1.29, 1.82) is 5.41 Å². The van der Waals surface area contributed by atoms with Crippen molar-refractivity contribution >= 4 is 29.4 Å². The number of benzene rings is 1. The van der Waals surface area contributed by atoms with Crippen molar-refractivity contribution in [3.05, 3.63) is 29.8 Å². The summed E-state index contributed by atoms with van der Waals surface area (Å²) in [5, 5.41) is 12.6. The molecule has 1 heterocycles. The van der Waals surface area contributed by atoms with Crippen molar-refractivity contribution in [2.75, 3.05) is 24.6 Å².